The van der Waals surface area contributed by atoms with E-state index in [1.54, 1.807) is 0 Å². The summed E-state index contributed by atoms with van der Waals surface area (Å²) in [6.45, 7) is 0. The van der Waals surface area contributed by atoms with Crippen molar-refractivity contribution in [2.75, 3.05) is 0 Å². The van der Waals surface area contributed by atoms with Gasteiger partial charge in [0.1, 0.15) is 0 Å². The number of hydrogen-bond donors (Lipinski definition) is 0. The maximum absolute atomic E-state index is 2.46. The molecule has 0 N–H and O–H groups in total. The van der Waals surface area contributed by atoms with Gasteiger partial charge in [0, 0.05) is 0 Å². The van der Waals surface area contributed by atoms with Gasteiger partial charge in [-0.05, 0) is 50.0 Å². The Kier molecular flexibility index (Phi) is 8.36. The smallest absolute Gasteiger partial charge is 0.0504 e. The summed E-state index contributed by atoms with van der Waals surface area (Å²) < 4.78 is 0.356. The van der Waals surface area contributed by atoms with Gasteiger partial charge in [-0.25, -0.2) is 0 Å². The molecule has 0 bridgehead atoms. The van der Waals surface area contributed by atoms with Crippen LogP contribution in [0.5, 0.6) is 0 Å². The van der Waals surface area contributed by atoms with Gasteiger partial charge in [0.15, 0.2) is 0 Å². The van der Waals surface area contributed by atoms with Gasteiger partial charge in [-0.2, -0.15) is 0 Å². The van der Waals surface area contributed by atoms with Gasteiger partial charge >= 0.3 is 0 Å². The minimum atomic E-state index is 0.356. The van der Waals surface area contributed by atoms with Gasteiger partial charge < -0.3 is 0 Å². The van der Waals surface area contributed by atoms with E-state index in [2.05, 4.69) is 66.1 Å². The molecule has 5 heteroatoms. The van der Waals surface area contributed by atoms with Crippen molar-refractivity contribution in [3.63, 3.8) is 0 Å². The molecule has 0 radical (unpaired) electrons. The molecule has 0 fully saturated rings. The lowest BCUT2D eigenvalue weighted by molar-refractivity contribution is 5.74. The highest BCUT2D eigenvalue weighted by Crippen LogP contribution is 2.72. The molecule has 0 rings (SSSR count). The second-order valence-corrected chi connectivity index (χ2v) is 23.9. The Morgan fingerprint density at radius 3 is 1.60 bits per heavy atom. The van der Waals surface area contributed by atoms with Crippen molar-refractivity contribution in [2.24, 2.45) is 0 Å². The molecule has 5 heavy (non-hydrogen) atoms. The molecule has 0 nitrogen and oxygen atoms in total. The zero-order chi connectivity index (χ0) is 4.28. The highest BCUT2D eigenvalue weighted by molar-refractivity contribution is 14.3. The monoisotopic (exact) mass is 444 g/mol. The molecule has 0 amide bonds. The van der Waals surface area contributed by atoms with Crippen LogP contribution in [0.4, 0.5) is 0 Å². The fraction of sp³-hybridized carbons (Fsp3) is 0. The van der Waals surface area contributed by atoms with Crippen molar-refractivity contribution < 1.29 is 0 Å². The summed E-state index contributed by atoms with van der Waals surface area (Å²) in [5.74, 6) is 1.12. The zero-order valence-electron chi connectivity index (χ0n) is 2.08. The first-order chi connectivity index (χ1) is 2.27. The first-order valence-electron chi connectivity index (χ1n) is 0.751. The van der Waals surface area contributed by atoms with Crippen molar-refractivity contribution in [1.29, 1.82) is 0 Å². The molecule has 1 unspecified atom stereocenters. The van der Waals surface area contributed by atoms with Gasteiger partial charge in [-0.3, -0.25) is 0 Å². The van der Waals surface area contributed by atoms with Crippen LogP contribution in [0.25, 0.3) is 0 Å². The van der Waals surface area contributed by atoms with E-state index in [1.807, 2.05) is 0 Å². The summed E-state index contributed by atoms with van der Waals surface area (Å²) in [5, 5.41) is 0. The predicted molar refractivity (Wildman–Crippen MR) is 57.3 cm³/mol. The molecule has 32 valence electrons. The van der Waals surface area contributed by atoms with E-state index in [4.69, 9.17) is 0 Å². The second kappa shape index (κ2) is 5.19. The van der Waals surface area contributed by atoms with Crippen LogP contribution in [0.2, 0.25) is 0 Å². The molecule has 0 saturated heterocycles. The predicted octanol–water partition coefficient (Wildman–Crippen LogP) is 4.11. The number of hydrogen-bond acceptors (Lipinski definition) is 0. The molecule has 0 aliphatic heterocycles. The quantitative estimate of drug-likeness (QED) is 0.423. The van der Waals surface area contributed by atoms with Gasteiger partial charge in [0.2, 0.25) is 0 Å². The van der Waals surface area contributed by atoms with Gasteiger partial charge in [0.25, 0.3) is 0 Å². The van der Waals surface area contributed by atoms with Gasteiger partial charge in [-0.1, -0.05) is 22.0 Å². The molecule has 0 aliphatic carbocycles. The molecule has 0 heterocycles. The van der Waals surface area contributed by atoms with Crippen LogP contribution in [-0.4, -0.2) is 0 Å². The van der Waals surface area contributed by atoms with Crippen molar-refractivity contribution in [1.82, 2.24) is 0 Å². The fourth-order valence-corrected chi connectivity index (χ4v) is 0. The largest absolute Gasteiger partial charge is 0.0559 e. The Morgan fingerprint density at radius 2 is 1.60 bits per heavy atom. The summed E-state index contributed by atoms with van der Waals surface area (Å²) >= 11 is 7.34. The first kappa shape index (κ1) is 8.05. The van der Waals surface area contributed by atoms with E-state index in [-0.39, 0.29) is 0 Å². The Balaban J connectivity index is 2.54. The summed E-state index contributed by atoms with van der Waals surface area (Å²) in [7, 11) is 0. The maximum Gasteiger partial charge on any atom is 0.0559 e. The lowest BCUT2D eigenvalue weighted by Gasteiger charge is -1.84. The van der Waals surface area contributed by atoms with Crippen molar-refractivity contribution >= 4 is 74.9 Å². The van der Waals surface area contributed by atoms with E-state index in [0.29, 0.717) is 2.90 Å². The van der Waals surface area contributed by atoms with E-state index in [0.717, 1.165) is 5.91 Å². The Bertz CT molecular complexity index is 18.9. The highest BCUT2D eigenvalue weighted by atomic mass is 127. The topological polar surface area (TPSA) is 0 Å². The third kappa shape index (κ3) is 7.05. The van der Waals surface area contributed by atoms with Gasteiger partial charge in [0.05, 0.1) is 2.90 Å². The van der Waals surface area contributed by atoms with Crippen molar-refractivity contribution in [3.8, 4) is 0 Å². The second-order valence-electron chi connectivity index (χ2n) is 0.317. The third-order valence-electron chi connectivity index (χ3n) is 0.0639. The lowest BCUT2D eigenvalue weighted by atomic mass is 30.0. The lowest BCUT2D eigenvalue weighted by Crippen LogP contribution is -0.978. The molecule has 0 aromatic rings. The molecular weight excluding hydrogens is 443 g/mol. The molecular formula is HI3P2. The van der Waals surface area contributed by atoms with E-state index in [9.17, 15) is 0 Å². The zero-order valence-corrected chi connectivity index (χ0v) is 10.4. The standard InChI is InChI=1S/HI3P2/c1-4-5(2)3/h4H. The highest BCUT2D eigenvalue weighted by Gasteiger charge is 1.86. The van der Waals surface area contributed by atoms with E-state index < -0.39 is 0 Å². The molecule has 0 spiro atoms. The molecule has 1 atom stereocenters. The minimum Gasteiger partial charge on any atom is -0.0504 e. The Hall–Kier alpha value is 3.05. The SMILES string of the molecule is IPP(I)I. The maximum atomic E-state index is 2.46. The average molecular weight is 444 g/mol. The first-order valence-corrected chi connectivity index (χ1v) is 12.6. The van der Waals surface area contributed by atoms with Crippen LogP contribution >= 0.6 is 74.9 Å². The number of halogens is 3. The summed E-state index contributed by atoms with van der Waals surface area (Å²) in [6, 6.07) is 0. The molecule has 0 aromatic heterocycles. The van der Waals surface area contributed by atoms with Crippen LogP contribution in [0.1, 0.15) is 0 Å². The summed E-state index contributed by atoms with van der Waals surface area (Å²) in [6.07, 6.45) is 0. The third-order valence-corrected chi connectivity index (χ3v) is 25.9. The molecule has 0 saturated carbocycles. The fourth-order valence-electron chi connectivity index (χ4n) is 0. The molecule has 0 aromatic carbocycles. The van der Waals surface area contributed by atoms with Crippen molar-refractivity contribution in [2.45, 2.75) is 0 Å². The molecule has 0 aliphatic rings. The van der Waals surface area contributed by atoms with Crippen molar-refractivity contribution in [3.05, 3.63) is 0 Å². The minimum absolute atomic E-state index is 0.356. The van der Waals surface area contributed by atoms with E-state index >= 15 is 0 Å². The van der Waals surface area contributed by atoms with Crippen LogP contribution in [0.3, 0.4) is 0 Å². The van der Waals surface area contributed by atoms with Crippen LogP contribution < -0.4 is 0 Å². The van der Waals surface area contributed by atoms with E-state index in [1.165, 1.54) is 0 Å². The Morgan fingerprint density at radius 1 is 1.40 bits per heavy atom. The average Bonchev–Trinajstić information content (AvgIpc) is 1.38. The van der Waals surface area contributed by atoms with Crippen LogP contribution in [0.15, 0.2) is 0 Å². The Labute approximate surface area is 73.5 Å². The summed E-state index contributed by atoms with van der Waals surface area (Å²) in [5.41, 5.74) is 0. The van der Waals surface area contributed by atoms with Crippen LogP contribution in [-0.2, 0) is 0 Å². The summed E-state index contributed by atoms with van der Waals surface area (Å²) in [4.78, 5) is 0. The normalized spacial score (nSPS) is 12.0. The van der Waals surface area contributed by atoms with Crippen LogP contribution in [0, 0.1) is 0 Å². The number of rotatable bonds is 1. The van der Waals surface area contributed by atoms with Gasteiger partial charge in [-0.15, -0.1) is 0 Å².